The highest BCUT2D eigenvalue weighted by atomic mass is 16.6. The standard InChI is InChI=1S/C30H32N6O5/c1-30(2,3)41-29(39)36-14-21-25(28(36)38)22(13-32-26(21)19-7-10-31-27-20(19)8-11-35(27)4)33-24-6-5-18(23(15-37)34-24)17-9-12-40-16-17/h5-8,10-11,13,17,37H,9,12,14-16H2,1-4H3,(H,33,34). The third kappa shape index (κ3) is 4.91. The largest absolute Gasteiger partial charge is 0.443 e. The summed E-state index contributed by atoms with van der Waals surface area (Å²) >= 11 is 0. The van der Waals surface area contributed by atoms with E-state index in [9.17, 15) is 14.7 Å². The average Bonchev–Trinajstić information content (AvgIpc) is 3.68. The SMILES string of the molecule is Cn1ccc2c(-c3ncc(Nc4ccc(C5CCOC5)c(CO)n4)c4c3CN(C(=O)OC(C)(C)C)C4=O)ccnc21. The number of fused-ring (bicyclic) bond motifs is 2. The molecule has 11 heteroatoms. The van der Waals surface area contributed by atoms with Crippen LogP contribution in [0.2, 0.25) is 0 Å². The molecule has 0 saturated carbocycles. The molecule has 1 atom stereocenters. The van der Waals surface area contributed by atoms with E-state index in [1.807, 2.05) is 42.1 Å². The molecule has 1 saturated heterocycles. The molecule has 41 heavy (non-hydrogen) atoms. The van der Waals surface area contributed by atoms with Crippen molar-refractivity contribution in [3.05, 3.63) is 65.2 Å². The summed E-state index contributed by atoms with van der Waals surface area (Å²) in [5, 5.41) is 14.1. The first-order valence-corrected chi connectivity index (χ1v) is 13.6. The van der Waals surface area contributed by atoms with Crippen molar-refractivity contribution < 1.29 is 24.2 Å². The predicted octanol–water partition coefficient (Wildman–Crippen LogP) is 4.66. The summed E-state index contributed by atoms with van der Waals surface area (Å²) in [6.45, 7) is 6.33. The number of imide groups is 1. The maximum atomic E-state index is 13.8. The number of rotatable bonds is 5. The third-order valence-corrected chi connectivity index (χ3v) is 7.38. The number of carbonyl (C=O) groups is 2. The van der Waals surface area contributed by atoms with Gasteiger partial charge in [0.05, 0.1) is 48.6 Å². The lowest BCUT2D eigenvalue weighted by Gasteiger charge is -2.23. The number of pyridine rings is 3. The molecule has 4 aromatic heterocycles. The zero-order chi connectivity index (χ0) is 28.9. The van der Waals surface area contributed by atoms with Crippen molar-refractivity contribution in [2.45, 2.75) is 51.9 Å². The Hall–Kier alpha value is -4.35. The van der Waals surface area contributed by atoms with Gasteiger partial charge in [0.2, 0.25) is 0 Å². The van der Waals surface area contributed by atoms with Gasteiger partial charge in [0, 0.05) is 48.5 Å². The van der Waals surface area contributed by atoms with Gasteiger partial charge in [-0.15, -0.1) is 0 Å². The maximum absolute atomic E-state index is 13.8. The molecule has 1 unspecified atom stereocenters. The number of anilines is 2. The van der Waals surface area contributed by atoms with Gasteiger partial charge >= 0.3 is 6.09 Å². The number of aliphatic hydroxyl groups excluding tert-OH is 1. The number of hydrogen-bond donors (Lipinski definition) is 2. The third-order valence-electron chi connectivity index (χ3n) is 7.38. The van der Waals surface area contributed by atoms with Gasteiger partial charge < -0.3 is 24.5 Å². The topological polar surface area (TPSA) is 132 Å². The van der Waals surface area contributed by atoms with Crippen LogP contribution in [-0.2, 0) is 29.7 Å². The van der Waals surface area contributed by atoms with Gasteiger partial charge in [-0.1, -0.05) is 6.07 Å². The first-order chi connectivity index (χ1) is 19.6. The predicted molar refractivity (Wildman–Crippen MR) is 152 cm³/mol. The molecule has 2 aliphatic rings. The first-order valence-electron chi connectivity index (χ1n) is 13.6. The Morgan fingerprint density at radius 2 is 2.05 bits per heavy atom. The van der Waals surface area contributed by atoms with Crippen LogP contribution in [-0.4, -0.2) is 60.3 Å². The maximum Gasteiger partial charge on any atom is 0.417 e. The molecule has 2 N–H and O–H groups in total. The molecule has 2 amide bonds. The Kier molecular flexibility index (Phi) is 6.71. The molecule has 0 bridgehead atoms. The van der Waals surface area contributed by atoms with Crippen molar-refractivity contribution in [2.75, 3.05) is 18.5 Å². The normalized spacial score (nSPS) is 16.9. The summed E-state index contributed by atoms with van der Waals surface area (Å²) in [5.74, 6) is 0.148. The number of aryl methyl sites for hydroxylation is 1. The lowest BCUT2D eigenvalue weighted by Crippen LogP contribution is -2.37. The molecule has 2 aliphatic heterocycles. The van der Waals surface area contributed by atoms with Gasteiger partial charge in [-0.25, -0.2) is 19.7 Å². The second-order valence-corrected chi connectivity index (χ2v) is 11.3. The van der Waals surface area contributed by atoms with Crippen molar-refractivity contribution in [3.8, 4) is 11.3 Å². The second kappa shape index (κ2) is 10.2. The van der Waals surface area contributed by atoms with Crippen LogP contribution >= 0.6 is 0 Å². The Morgan fingerprint density at radius 3 is 2.78 bits per heavy atom. The fourth-order valence-electron chi connectivity index (χ4n) is 5.48. The van der Waals surface area contributed by atoms with Gasteiger partial charge in [0.25, 0.3) is 5.91 Å². The smallest absolute Gasteiger partial charge is 0.417 e. The minimum absolute atomic E-state index is 0.00746. The molecule has 1 fully saturated rings. The molecule has 6 heterocycles. The lowest BCUT2D eigenvalue weighted by atomic mass is 9.97. The van der Waals surface area contributed by atoms with E-state index in [0.717, 1.165) is 33.5 Å². The fourth-order valence-corrected chi connectivity index (χ4v) is 5.48. The van der Waals surface area contributed by atoms with Gasteiger partial charge in [-0.3, -0.25) is 9.78 Å². The molecule has 0 radical (unpaired) electrons. The molecule has 212 valence electrons. The number of nitrogens with one attached hydrogen (secondary N) is 1. The van der Waals surface area contributed by atoms with Gasteiger partial charge in [0.15, 0.2) is 0 Å². The van der Waals surface area contributed by atoms with E-state index >= 15 is 0 Å². The van der Waals surface area contributed by atoms with Gasteiger partial charge in [0.1, 0.15) is 17.1 Å². The summed E-state index contributed by atoms with van der Waals surface area (Å²) in [6, 6.07) is 7.56. The number of aliphatic hydroxyl groups is 1. The number of amides is 2. The van der Waals surface area contributed by atoms with Gasteiger partial charge in [-0.2, -0.15) is 0 Å². The molecule has 0 aromatic carbocycles. The molecule has 11 nitrogen and oxygen atoms in total. The van der Waals surface area contributed by atoms with E-state index in [2.05, 4.69) is 15.3 Å². The Labute approximate surface area is 237 Å². The van der Waals surface area contributed by atoms with E-state index in [0.29, 0.717) is 47.2 Å². The van der Waals surface area contributed by atoms with Crippen molar-refractivity contribution in [1.82, 2.24) is 24.4 Å². The van der Waals surface area contributed by atoms with E-state index in [1.54, 1.807) is 33.2 Å². The quantitative estimate of drug-likeness (QED) is 0.360. The van der Waals surface area contributed by atoms with Gasteiger partial charge in [-0.05, 0) is 51.0 Å². The van der Waals surface area contributed by atoms with E-state index in [1.165, 1.54) is 0 Å². The Bertz CT molecular complexity index is 1670. The van der Waals surface area contributed by atoms with Crippen molar-refractivity contribution in [2.24, 2.45) is 7.05 Å². The highest BCUT2D eigenvalue weighted by Gasteiger charge is 2.39. The minimum Gasteiger partial charge on any atom is -0.443 e. The molecule has 0 spiro atoms. The van der Waals surface area contributed by atoms with Crippen LogP contribution in [0.25, 0.3) is 22.3 Å². The van der Waals surface area contributed by atoms with Crippen LogP contribution in [0.3, 0.4) is 0 Å². The fraction of sp³-hybridized carbons (Fsp3) is 0.367. The summed E-state index contributed by atoms with van der Waals surface area (Å²) in [5.41, 5.74) is 4.24. The average molecular weight is 557 g/mol. The highest BCUT2D eigenvalue weighted by molar-refractivity contribution is 6.12. The van der Waals surface area contributed by atoms with Crippen LogP contribution in [0.1, 0.15) is 60.3 Å². The summed E-state index contributed by atoms with van der Waals surface area (Å²) in [4.78, 5) is 41.9. The molecular formula is C30H32N6O5. The number of aromatic nitrogens is 4. The van der Waals surface area contributed by atoms with Crippen LogP contribution < -0.4 is 5.32 Å². The van der Waals surface area contributed by atoms with Crippen molar-refractivity contribution in [3.63, 3.8) is 0 Å². The summed E-state index contributed by atoms with van der Waals surface area (Å²) < 4.78 is 13.0. The van der Waals surface area contributed by atoms with Crippen LogP contribution in [0.5, 0.6) is 0 Å². The van der Waals surface area contributed by atoms with Crippen LogP contribution in [0, 0.1) is 0 Å². The summed E-state index contributed by atoms with van der Waals surface area (Å²) in [6.07, 6.45) is 5.36. The minimum atomic E-state index is -0.772. The molecule has 4 aromatic rings. The lowest BCUT2D eigenvalue weighted by molar-refractivity contribution is 0.0248. The highest BCUT2D eigenvalue weighted by Crippen LogP contribution is 2.39. The zero-order valence-electron chi connectivity index (χ0n) is 23.5. The van der Waals surface area contributed by atoms with Crippen LogP contribution in [0.15, 0.2) is 42.9 Å². The van der Waals surface area contributed by atoms with E-state index < -0.39 is 17.6 Å². The first kappa shape index (κ1) is 26.9. The molecular weight excluding hydrogens is 524 g/mol. The Balaban J connectivity index is 1.43. The summed E-state index contributed by atoms with van der Waals surface area (Å²) in [7, 11) is 1.91. The van der Waals surface area contributed by atoms with Crippen molar-refractivity contribution >= 4 is 34.5 Å². The second-order valence-electron chi connectivity index (χ2n) is 11.3. The van der Waals surface area contributed by atoms with Crippen molar-refractivity contribution in [1.29, 1.82) is 0 Å². The molecule has 0 aliphatic carbocycles. The Morgan fingerprint density at radius 1 is 1.22 bits per heavy atom. The number of ether oxygens (including phenoxy) is 2. The van der Waals surface area contributed by atoms with Crippen LogP contribution in [0.4, 0.5) is 16.3 Å². The number of hydrogen-bond acceptors (Lipinski definition) is 9. The molecule has 6 rings (SSSR count). The number of carbonyl (C=O) groups excluding carboxylic acids is 2. The van der Waals surface area contributed by atoms with E-state index in [4.69, 9.17) is 14.5 Å². The number of nitrogens with zero attached hydrogens (tertiary/aromatic N) is 5. The zero-order valence-corrected chi connectivity index (χ0v) is 23.5. The van der Waals surface area contributed by atoms with E-state index in [-0.39, 0.29) is 19.1 Å². The monoisotopic (exact) mass is 556 g/mol.